The fraction of sp³-hybridized carbons (Fsp3) is 0.800. The van der Waals surface area contributed by atoms with E-state index >= 15 is 0 Å². The molecule has 0 aliphatic heterocycles. The Labute approximate surface area is 120 Å². The van der Waals surface area contributed by atoms with Crippen molar-refractivity contribution < 1.29 is 5.11 Å². The van der Waals surface area contributed by atoms with Crippen molar-refractivity contribution in [1.29, 1.82) is 0 Å². The molecule has 0 saturated heterocycles. The summed E-state index contributed by atoms with van der Waals surface area (Å²) in [5, 5.41) is 16.3. The molecule has 1 aliphatic rings. The molecule has 1 aromatic heterocycles. The number of aromatic nitrogens is 1. The van der Waals surface area contributed by atoms with Crippen LogP contribution in [0.1, 0.15) is 56.2 Å². The summed E-state index contributed by atoms with van der Waals surface area (Å²) in [6.07, 6.45) is 8.61. The maximum absolute atomic E-state index is 9.25. The van der Waals surface area contributed by atoms with Crippen molar-refractivity contribution in [2.45, 2.75) is 64.5 Å². The Kier molecular flexibility index (Phi) is 6.28. The monoisotopic (exact) mass is 282 g/mol. The molecule has 1 unspecified atom stereocenters. The third-order valence-corrected chi connectivity index (χ3v) is 5.15. The molecule has 0 radical (unpaired) electrons. The smallest absolute Gasteiger partial charge is 0.0926 e. The summed E-state index contributed by atoms with van der Waals surface area (Å²) >= 11 is 1.75. The van der Waals surface area contributed by atoms with Crippen LogP contribution in [0.3, 0.4) is 0 Å². The molecule has 1 fully saturated rings. The number of aryl methyl sites for hydroxylation is 1. The molecule has 4 heteroatoms. The SMILES string of the molecule is CCc1nc(CNC(CCO)C2CCCCC2)cs1. The van der Waals surface area contributed by atoms with Crippen LogP contribution in [0.15, 0.2) is 5.38 Å². The van der Waals surface area contributed by atoms with Crippen molar-refractivity contribution in [2.24, 2.45) is 5.92 Å². The molecule has 1 heterocycles. The second kappa shape index (κ2) is 7.98. The predicted octanol–water partition coefficient (Wildman–Crippen LogP) is 3.13. The quantitative estimate of drug-likeness (QED) is 0.807. The van der Waals surface area contributed by atoms with Gasteiger partial charge in [0.25, 0.3) is 0 Å². The first-order chi connectivity index (χ1) is 9.33. The number of nitrogens with one attached hydrogen (secondary N) is 1. The van der Waals surface area contributed by atoms with Gasteiger partial charge in [-0.15, -0.1) is 11.3 Å². The van der Waals surface area contributed by atoms with Crippen LogP contribution in [-0.4, -0.2) is 22.7 Å². The van der Waals surface area contributed by atoms with Gasteiger partial charge in [0.15, 0.2) is 0 Å². The van der Waals surface area contributed by atoms with Crippen LogP contribution in [0.4, 0.5) is 0 Å². The summed E-state index contributed by atoms with van der Waals surface area (Å²) < 4.78 is 0. The van der Waals surface area contributed by atoms with Crippen LogP contribution >= 0.6 is 11.3 Å². The predicted molar refractivity (Wildman–Crippen MR) is 80.4 cm³/mol. The molecule has 1 aromatic rings. The van der Waals surface area contributed by atoms with E-state index in [2.05, 4.69) is 22.6 Å². The summed E-state index contributed by atoms with van der Waals surface area (Å²) in [5.41, 5.74) is 1.15. The number of aliphatic hydroxyl groups is 1. The van der Waals surface area contributed by atoms with E-state index in [1.807, 2.05) is 0 Å². The van der Waals surface area contributed by atoms with Gasteiger partial charge < -0.3 is 10.4 Å². The van der Waals surface area contributed by atoms with Crippen molar-refractivity contribution in [3.05, 3.63) is 16.1 Å². The van der Waals surface area contributed by atoms with Crippen LogP contribution < -0.4 is 5.32 Å². The van der Waals surface area contributed by atoms with E-state index < -0.39 is 0 Å². The minimum Gasteiger partial charge on any atom is -0.396 e. The Bertz CT molecular complexity index is 361. The molecule has 1 saturated carbocycles. The first-order valence-electron chi connectivity index (χ1n) is 7.61. The van der Waals surface area contributed by atoms with Crippen LogP contribution in [-0.2, 0) is 13.0 Å². The van der Waals surface area contributed by atoms with E-state index in [9.17, 15) is 5.11 Å². The topological polar surface area (TPSA) is 45.2 Å². The Morgan fingerprint density at radius 3 is 2.84 bits per heavy atom. The zero-order valence-corrected chi connectivity index (χ0v) is 12.7. The van der Waals surface area contributed by atoms with Gasteiger partial charge in [0.05, 0.1) is 10.7 Å². The zero-order valence-electron chi connectivity index (χ0n) is 11.9. The van der Waals surface area contributed by atoms with Crippen LogP contribution in [0.25, 0.3) is 0 Å². The van der Waals surface area contributed by atoms with E-state index in [-0.39, 0.29) is 6.61 Å². The van der Waals surface area contributed by atoms with Crippen LogP contribution in [0, 0.1) is 5.92 Å². The Morgan fingerprint density at radius 2 is 2.21 bits per heavy atom. The molecule has 0 bridgehead atoms. The molecule has 19 heavy (non-hydrogen) atoms. The lowest BCUT2D eigenvalue weighted by Crippen LogP contribution is -2.37. The summed E-state index contributed by atoms with van der Waals surface area (Å²) in [4.78, 5) is 4.60. The van der Waals surface area contributed by atoms with Crippen molar-refractivity contribution in [2.75, 3.05) is 6.61 Å². The summed E-state index contributed by atoms with van der Waals surface area (Å²) in [5.74, 6) is 0.741. The average molecular weight is 282 g/mol. The van der Waals surface area contributed by atoms with Gasteiger partial charge in [0, 0.05) is 24.6 Å². The fourth-order valence-electron chi connectivity index (χ4n) is 3.01. The minimum absolute atomic E-state index is 0.283. The van der Waals surface area contributed by atoms with Crippen molar-refractivity contribution in [3.8, 4) is 0 Å². The van der Waals surface area contributed by atoms with Gasteiger partial charge in [-0.25, -0.2) is 4.98 Å². The number of hydrogen-bond acceptors (Lipinski definition) is 4. The highest BCUT2D eigenvalue weighted by Gasteiger charge is 2.22. The normalized spacial score (nSPS) is 18.6. The fourth-order valence-corrected chi connectivity index (χ4v) is 3.75. The minimum atomic E-state index is 0.283. The third kappa shape index (κ3) is 4.55. The first kappa shape index (κ1) is 14.9. The van der Waals surface area contributed by atoms with E-state index in [1.54, 1.807) is 11.3 Å². The van der Waals surface area contributed by atoms with Crippen molar-refractivity contribution in [1.82, 2.24) is 10.3 Å². The highest BCUT2D eigenvalue weighted by Crippen LogP contribution is 2.28. The number of rotatable bonds is 7. The molecule has 108 valence electrons. The molecule has 0 amide bonds. The maximum atomic E-state index is 9.25. The average Bonchev–Trinajstić information content (AvgIpc) is 2.92. The zero-order chi connectivity index (χ0) is 13.5. The molecule has 1 atom stereocenters. The summed E-state index contributed by atoms with van der Waals surface area (Å²) in [7, 11) is 0. The van der Waals surface area contributed by atoms with Crippen LogP contribution in [0.2, 0.25) is 0 Å². The standard InChI is InChI=1S/C15H26N2OS/c1-2-15-17-13(11-19-15)10-16-14(8-9-18)12-6-4-3-5-7-12/h11-12,14,16,18H,2-10H2,1H3. The lowest BCUT2D eigenvalue weighted by Gasteiger charge is -2.30. The first-order valence-corrected chi connectivity index (χ1v) is 8.49. The molecule has 2 N–H and O–H groups in total. The largest absolute Gasteiger partial charge is 0.396 e. The molecule has 3 nitrogen and oxygen atoms in total. The Hall–Kier alpha value is -0.450. The number of aliphatic hydroxyl groups excluding tert-OH is 1. The van der Waals surface area contributed by atoms with Gasteiger partial charge in [0.2, 0.25) is 0 Å². The highest BCUT2D eigenvalue weighted by atomic mass is 32.1. The molecule has 2 rings (SSSR count). The lowest BCUT2D eigenvalue weighted by molar-refractivity contribution is 0.205. The van der Waals surface area contributed by atoms with E-state index in [0.717, 1.165) is 31.0 Å². The number of nitrogens with zero attached hydrogens (tertiary/aromatic N) is 1. The molecule has 0 aromatic carbocycles. The van der Waals surface area contributed by atoms with Gasteiger partial charge in [-0.3, -0.25) is 0 Å². The second-order valence-corrected chi connectivity index (χ2v) is 6.43. The summed E-state index contributed by atoms with van der Waals surface area (Å²) in [6.45, 7) is 3.27. The Morgan fingerprint density at radius 1 is 1.42 bits per heavy atom. The van der Waals surface area contributed by atoms with Gasteiger partial charge >= 0.3 is 0 Å². The highest BCUT2D eigenvalue weighted by molar-refractivity contribution is 7.09. The third-order valence-electron chi connectivity index (χ3n) is 4.11. The molecule has 0 spiro atoms. The van der Waals surface area contributed by atoms with E-state index in [4.69, 9.17) is 0 Å². The second-order valence-electron chi connectivity index (χ2n) is 5.48. The van der Waals surface area contributed by atoms with E-state index in [1.165, 1.54) is 37.1 Å². The summed E-state index contributed by atoms with van der Waals surface area (Å²) in [6, 6.07) is 0.456. The molecule has 1 aliphatic carbocycles. The maximum Gasteiger partial charge on any atom is 0.0926 e. The van der Waals surface area contributed by atoms with Crippen molar-refractivity contribution >= 4 is 11.3 Å². The van der Waals surface area contributed by atoms with Gasteiger partial charge in [-0.05, 0) is 31.6 Å². The number of thiazole rings is 1. The Balaban J connectivity index is 1.85. The van der Waals surface area contributed by atoms with Crippen molar-refractivity contribution in [3.63, 3.8) is 0 Å². The molecular weight excluding hydrogens is 256 g/mol. The number of hydrogen-bond donors (Lipinski definition) is 2. The van der Waals surface area contributed by atoms with Gasteiger partial charge in [-0.1, -0.05) is 26.2 Å². The molecular formula is C15H26N2OS. The van der Waals surface area contributed by atoms with Gasteiger partial charge in [0.1, 0.15) is 0 Å². The van der Waals surface area contributed by atoms with E-state index in [0.29, 0.717) is 6.04 Å². The van der Waals surface area contributed by atoms with Crippen LogP contribution in [0.5, 0.6) is 0 Å². The van der Waals surface area contributed by atoms with Gasteiger partial charge in [-0.2, -0.15) is 0 Å². The lowest BCUT2D eigenvalue weighted by atomic mass is 9.83.